The van der Waals surface area contributed by atoms with Crippen LogP contribution in [0.25, 0.3) is 0 Å². The van der Waals surface area contributed by atoms with Gasteiger partial charge in [0.2, 0.25) is 0 Å². The molecule has 96 valence electrons. The SMILES string of the molecule is CCCn1ncc(NC(C)(C)CC)c(Cl)c1=O. The highest BCUT2D eigenvalue weighted by Crippen LogP contribution is 2.21. The summed E-state index contributed by atoms with van der Waals surface area (Å²) in [5, 5.41) is 7.56. The van der Waals surface area contributed by atoms with Gasteiger partial charge in [0.1, 0.15) is 5.02 Å². The van der Waals surface area contributed by atoms with Crippen molar-refractivity contribution in [2.45, 2.75) is 52.6 Å². The lowest BCUT2D eigenvalue weighted by atomic mass is 10.0. The Kier molecular flexibility index (Phi) is 4.57. The maximum atomic E-state index is 11.9. The summed E-state index contributed by atoms with van der Waals surface area (Å²) in [4.78, 5) is 11.9. The first-order valence-corrected chi connectivity index (χ1v) is 6.33. The Morgan fingerprint density at radius 2 is 2.12 bits per heavy atom. The van der Waals surface area contributed by atoms with Gasteiger partial charge in [0.25, 0.3) is 5.56 Å². The summed E-state index contributed by atoms with van der Waals surface area (Å²) in [6.07, 6.45) is 3.41. The third-order valence-corrected chi connectivity index (χ3v) is 3.14. The third kappa shape index (κ3) is 3.46. The standard InChI is InChI=1S/C12H20ClN3O/c1-5-7-16-11(17)10(13)9(8-14-16)15-12(3,4)6-2/h8,15H,5-7H2,1-4H3. The van der Waals surface area contributed by atoms with E-state index in [0.717, 1.165) is 12.8 Å². The zero-order valence-electron chi connectivity index (χ0n) is 10.9. The van der Waals surface area contributed by atoms with E-state index in [9.17, 15) is 4.79 Å². The molecule has 0 amide bonds. The summed E-state index contributed by atoms with van der Waals surface area (Å²) in [5.41, 5.74) is 0.274. The fourth-order valence-electron chi connectivity index (χ4n) is 1.38. The molecule has 1 N–H and O–H groups in total. The quantitative estimate of drug-likeness (QED) is 0.882. The first-order chi connectivity index (χ1) is 7.91. The Morgan fingerprint density at radius 3 is 2.65 bits per heavy atom. The summed E-state index contributed by atoms with van der Waals surface area (Å²) < 4.78 is 1.40. The number of halogens is 1. The zero-order chi connectivity index (χ0) is 13.1. The molecule has 4 nitrogen and oxygen atoms in total. The average Bonchev–Trinajstić information content (AvgIpc) is 2.29. The lowest BCUT2D eigenvalue weighted by Gasteiger charge is -2.26. The highest BCUT2D eigenvalue weighted by molar-refractivity contribution is 6.32. The Bertz CT molecular complexity index is 440. The molecule has 0 aliphatic carbocycles. The van der Waals surface area contributed by atoms with Gasteiger partial charge in [-0.25, -0.2) is 4.68 Å². The molecule has 0 radical (unpaired) electrons. The van der Waals surface area contributed by atoms with Crippen LogP contribution in [-0.2, 0) is 6.54 Å². The van der Waals surface area contributed by atoms with Crippen LogP contribution < -0.4 is 10.9 Å². The topological polar surface area (TPSA) is 46.9 Å². The monoisotopic (exact) mass is 257 g/mol. The van der Waals surface area contributed by atoms with Crippen LogP contribution in [0.3, 0.4) is 0 Å². The Hall–Kier alpha value is -1.03. The first kappa shape index (κ1) is 14.0. The maximum Gasteiger partial charge on any atom is 0.287 e. The smallest absolute Gasteiger partial charge is 0.287 e. The molecule has 1 aromatic rings. The van der Waals surface area contributed by atoms with Gasteiger partial charge in [-0.15, -0.1) is 0 Å². The molecule has 0 atom stereocenters. The van der Waals surface area contributed by atoms with E-state index in [2.05, 4.69) is 31.2 Å². The second-order valence-corrected chi connectivity index (χ2v) is 5.14. The number of anilines is 1. The van der Waals surface area contributed by atoms with E-state index in [1.165, 1.54) is 4.68 Å². The number of nitrogens with zero attached hydrogens (tertiary/aromatic N) is 2. The summed E-state index contributed by atoms with van der Waals surface area (Å²) in [6.45, 7) is 8.78. The van der Waals surface area contributed by atoms with E-state index in [0.29, 0.717) is 12.2 Å². The van der Waals surface area contributed by atoms with Crippen molar-refractivity contribution in [3.63, 3.8) is 0 Å². The number of aryl methyl sites for hydroxylation is 1. The second-order valence-electron chi connectivity index (χ2n) is 4.76. The van der Waals surface area contributed by atoms with Crippen molar-refractivity contribution in [1.82, 2.24) is 9.78 Å². The van der Waals surface area contributed by atoms with Crippen LogP contribution in [0.2, 0.25) is 5.02 Å². The van der Waals surface area contributed by atoms with Crippen LogP contribution in [0, 0.1) is 0 Å². The number of hydrogen-bond acceptors (Lipinski definition) is 3. The Morgan fingerprint density at radius 1 is 1.47 bits per heavy atom. The molecule has 0 saturated heterocycles. The van der Waals surface area contributed by atoms with Crippen molar-refractivity contribution in [2.75, 3.05) is 5.32 Å². The largest absolute Gasteiger partial charge is 0.378 e. The van der Waals surface area contributed by atoms with E-state index < -0.39 is 0 Å². The Labute approximate surface area is 107 Å². The van der Waals surface area contributed by atoms with Gasteiger partial charge in [-0.1, -0.05) is 25.4 Å². The van der Waals surface area contributed by atoms with Crippen molar-refractivity contribution in [3.8, 4) is 0 Å². The van der Waals surface area contributed by atoms with E-state index in [-0.39, 0.29) is 16.1 Å². The molecule has 1 rings (SSSR count). The van der Waals surface area contributed by atoms with Crippen molar-refractivity contribution in [2.24, 2.45) is 0 Å². The summed E-state index contributed by atoms with van der Waals surface area (Å²) in [7, 11) is 0. The maximum absolute atomic E-state index is 11.9. The molecular weight excluding hydrogens is 238 g/mol. The van der Waals surface area contributed by atoms with Gasteiger partial charge in [0, 0.05) is 12.1 Å². The fraction of sp³-hybridized carbons (Fsp3) is 0.667. The van der Waals surface area contributed by atoms with E-state index in [4.69, 9.17) is 11.6 Å². The van der Waals surface area contributed by atoms with Crippen LogP contribution in [0.1, 0.15) is 40.5 Å². The van der Waals surface area contributed by atoms with Gasteiger partial charge in [0.05, 0.1) is 11.9 Å². The molecule has 17 heavy (non-hydrogen) atoms. The summed E-state index contributed by atoms with van der Waals surface area (Å²) in [5.74, 6) is 0. The second kappa shape index (κ2) is 5.54. The Balaban J connectivity index is 3.05. The third-order valence-electron chi connectivity index (χ3n) is 2.78. The lowest BCUT2D eigenvalue weighted by Crippen LogP contribution is -2.32. The minimum Gasteiger partial charge on any atom is -0.378 e. The van der Waals surface area contributed by atoms with Gasteiger partial charge in [-0.2, -0.15) is 5.10 Å². The first-order valence-electron chi connectivity index (χ1n) is 5.95. The highest BCUT2D eigenvalue weighted by Gasteiger charge is 2.18. The van der Waals surface area contributed by atoms with Gasteiger partial charge in [0.15, 0.2) is 0 Å². The van der Waals surface area contributed by atoms with Crippen LogP contribution >= 0.6 is 11.6 Å². The minimum atomic E-state index is -0.231. The molecule has 0 aromatic carbocycles. The number of rotatable bonds is 5. The molecule has 0 aliphatic heterocycles. The van der Waals surface area contributed by atoms with E-state index in [1.54, 1.807) is 6.20 Å². The summed E-state index contributed by atoms with van der Waals surface area (Å²) in [6, 6.07) is 0. The molecule has 0 unspecified atom stereocenters. The van der Waals surface area contributed by atoms with Crippen LogP contribution in [0.4, 0.5) is 5.69 Å². The van der Waals surface area contributed by atoms with E-state index in [1.807, 2.05) is 6.92 Å². The van der Waals surface area contributed by atoms with Crippen LogP contribution in [0.15, 0.2) is 11.0 Å². The van der Waals surface area contributed by atoms with Gasteiger partial charge >= 0.3 is 0 Å². The minimum absolute atomic E-state index is 0.102. The highest BCUT2D eigenvalue weighted by atomic mass is 35.5. The molecule has 0 saturated carbocycles. The van der Waals surface area contributed by atoms with Crippen LogP contribution in [-0.4, -0.2) is 15.3 Å². The normalized spacial score (nSPS) is 11.6. The molecule has 1 heterocycles. The lowest BCUT2D eigenvalue weighted by molar-refractivity contribution is 0.540. The number of hydrogen-bond donors (Lipinski definition) is 1. The van der Waals surface area contributed by atoms with Crippen LogP contribution in [0.5, 0.6) is 0 Å². The van der Waals surface area contributed by atoms with E-state index >= 15 is 0 Å². The number of aromatic nitrogens is 2. The predicted molar refractivity (Wildman–Crippen MR) is 71.8 cm³/mol. The molecule has 5 heteroatoms. The van der Waals surface area contributed by atoms with Crippen molar-refractivity contribution >= 4 is 17.3 Å². The van der Waals surface area contributed by atoms with Crippen molar-refractivity contribution in [1.29, 1.82) is 0 Å². The van der Waals surface area contributed by atoms with Crippen molar-refractivity contribution in [3.05, 3.63) is 21.6 Å². The number of nitrogens with one attached hydrogen (secondary N) is 1. The average molecular weight is 258 g/mol. The molecular formula is C12H20ClN3O. The zero-order valence-corrected chi connectivity index (χ0v) is 11.6. The van der Waals surface area contributed by atoms with Gasteiger partial charge < -0.3 is 5.32 Å². The summed E-state index contributed by atoms with van der Waals surface area (Å²) >= 11 is 6.06. The molecule has 0 aliphatic rings. The van der Waals surface area contributed by atoms with Gasteiger partial charge in [-0.05, 0) is 26.7 Å². The van der Waals surface area contributed by atoms with Crippen molar-refractivity contribution < 1.29 is 0 Å². The molecule has 1 aromatic heterocycles. The predicted octanol–water partition coefficient (Wildman–Crippen LogP) is 2.91. The fourth-order valence-corrected chi connectivity index (χ4v) is 1.57. The molecule has 0 spiro atoms. The van der Waals surface area contributed by atoms with Gasteiger partial charge in [-0.3, -0.25) is 4.79 Å². The molecule has 0 bridgehead atoms. The molecule has 0 fully saturated rings.